The normalized spacial score (nSPS) is 13.8. The Hall–Kier alpha value is -2.89. The molecular weight excluding hydrogens is 346 g/mol. The number of amides is 3. The Morgan fingerprint density at radius 1 is 1.04 bits per heavy atom. The minimum Gasteiger partial charge on any atom is -0.480 e. The quantitative estimate of drug-likeness (QED) is 0.104. The summed E-state index contributed by atoms with van der Waals surface area (Å²) in [5.74, 6) is -3.34. The van der Waals surface area contributed by atoms with Gasteiger partial charge in [-0.25, -0.2) is 0 Å². The van der Waals surface area contributed by atoms with Gasteiger partial charge in [0, 0.05) is 13.0 Å². The monoisotopic (exact) mass is 373 g/mol. The zero-order chi connectivity index (χ0) is 20.3. The number of hydrogen-bond acceptors (Lipinski definition) is 6. The van der Waals surface area contributed by atoms with E-state index >= 15 is 0 Å². The molecule has 0 radical (unpaired) electrons. The van der Waals surface area contributed by atoms with Gasteiger partial charge in [0.15, 0.2) is 5.96 Å². The topological polar surface area (TPSA) is 229 Å². The molecular formula is C14H27N7O5. The predicted octanol–water partition coefficient (Wildman–Crippen LogP) is -3.29. The smallest absolute Gasteiger partial charge is 0.325 e. The number of carboxylic acids is 1. The van der Waals surface area contributed by atoms with Crippen LogP contribution in [0.2, 0.25) is 0 Å². The first-order valence-electron chi connectivity index (χ1n) is 7.97. The molecule has 0 fully saturated rings. The Labute approximate surface area is 150 Å². The van der Waals surface area contributed by atoms with E-state index in [0.29, 0.717) is 13.0 Å². The van der Waals surface area contributed by atoms with Crippen LogP contribution in [0, 0.1) is 0 Å². The molecule has 12 heteroatoms. The number of nitrogens with two attached hydrogens (primary N) is 4. The van der Waals surface area contributed by atoms with Gasteiger partial charge < -0.3 is 38.7 Å². The van der Waals surface area contributed by atoms with Crippen LogP contribution < -0.4 is 33.6 Å². The molecule has 3 atom stereocenters. The van der Waals surface area contributed by atoms with E-state index in [1.807, 2.05) is 0 Å². The van der Waals surface area contributed by atoms with Crippen molar-refractivity contribution in [2.24, 2.45) is 27.9 Å². The van der Waals surface area contributed by atoms with E-state index in [0.717, 1.165) is 0 Å². The van der Waals surface area contributed by atoms with E-state index in [2.05, 4.69) is 15.6 Å². The molecule has 148 valence electrons. The SMILES string of the molecule is C[C@H](NC(=O)[C@H](CCC(N)=O)NC(=O)[C@@H](N)CCCN=C(N)N)C(=O)O. The summed E-state index contributed by atoms with van der Waals surface area (Å²) in [6.45, 7) is 1.56. The minimum absolute atomic E-state index is 0.0706. The number of carboxylic acid groups (broad SMARTS) is 1. The van der Waals surface area contributed by atoms with Crippen LogP contribution >= 0.6 is 0 Å². The molecule has 0 saturated heterocycles. The maximum atomic E-state index is 12.1. The molecule has 0 rings (SSSR count). The molecule has 0 aliphatic heterocycles. The molecule has 0 aromatic carbocycles. The van der Waals surface area contributed by atoms with Crippen molar-refractivity contribution in [1.29, 1.82) is 0 Å². The fraction of sp³-hybridized carbons (Fsp3) is 0.643. The second-order valence-electron chi connectivity index (χ2n) is 5.69. The summed E-state index contributed by atoms with van der Waals surface area (Å²) in [5.41, 5.74) is 21.2. The van der Waals surface area contributed by atoms with Gasteiger partial charge in [0.25, 0.3) is 0 Å². The van der Waals surface area contributed by atoms with Crippen molar-refractivity contribution < 1.29 is 24.3 Å². The average Bonchev–Trinajstić information content (AvgIpc) is 2.54. The predicted molar refractivity (Wildman–Crippen MR) is 93.5 cm³/mol. The maximum Gasteiger partial charge on any atom is 0.325 e. The first-order chi connectivity index (χ1) is 12.0. The number of hydrogen-bond donors (Lipinski definition) is 7. The third-order valence-electron chi connectivity index (χ3n) is 3.35. The Kier molecular flexibility index (Phi) is 10.3. The van der Waals surface area contributed by atoms with E-state index in [4.69, 9.17) is 28.0 Å². The van der Waals surface area contributed by atoms with Crippen LogP contribution in [0.25, 0.3) is 0 Å². The molecule has 26 heavy (non-hydrogen) atoms. The van der Waals surface area contributed by atoms with E-state index < -0.39 is 41.8 Å². The Morgan fingerprint density at radius 2 is 1.65 bits per heavy atom. The van der Waals surface area contributed by atoms with Gasteiger partial charge in [-0.2, -0.15) is 0 Å². The third-order valence-corrected chi connectivity index (χ3v) is 3.35. The van der Waals surface area contributed by atoms with E-state index in [-0.39, 0.29) is 25.2 Å². The van der Waals surface area contributed by atoms with Gasteiger partial charge in [-0.3, -0.25) is 24.2 Å². The lowest BCUT2D eigenvalue weighted by molar-refractivity contribution is -0.141. The van der Waals surface area contributed by atoms with E-state index in [1.165, 1.54) is 6.92 Å². The van der Waals surface area contributed by atoms with Gasteiger partial charge in [-0.1, -0.05) is 0 Å². The number of aliphatic carboxylic acids is 1. The highest BCUT2D eigenvalue weighted by atomic mass is 16.4. The highest BCUT2D eigenvalue weighted by molar-refractivity contribution is 5.92. The molecule has 0 heterocycles. The van der Waals surface area contributed by atoms with Crippen LogP contribution in [0.5, 0.6) is 0 Å². The lowest BCUT2D eigenvalue weighted by Crippen LogP contribution is -2.54. The van der Waals surface area contributed by atoms with Crippen molar-refractivity contribution in [3.05, 3.63) is 0 Å². The largest absolute Gasteiger partial charge is 0.480 e. The summed E-state index contributed by atoms with van der Waals surface area (Å²) in [5, 5.41) is 13.5. The number of carbonyl (C=O) groups is 4. The number of guanidine groups is 1. The zero-order valence-electron chi connectivity index (χ0n) is 14.6. The summed E-state index contributed by atoms with van der Waals surface area (Å²) in [4.78, 5) is 49.8. The summed E-state index contributed by atoms with van der Waals surface area (Å²) >= 11 is 0. The van der Waals surface area contributed by atoms with Crippen LogP contribution in [0.1, 0.15) is 32.6 Å². The second kappa shape index (κ2) is 11.6. The minimum atomic E-state index is -1.24. The van der Waals surface area contributed by atoms with Crippen molar-refractivity contribution in [2.45, 2.75) is 50.7 Å². The molecule has 11 N–H and O–H groups in total. The highest BCUT2D eigenvalue weighted by Gasteiger charge is 2.26. The van der Waals surface area contributed by atoms with Gasteiger partial charge in [0.1, 0.15) is 12.1 Å². The average molecular weight is 373 g/mol. The van der Waals surface area contributed by atoms with Gasteiger partial charge in [0.2, 0.25) is 17.7 Å². The number of carbonyl (C=O) groups excluding carboxylic acids is 3. The molecule has 12 nitrogen and oxygen atoms in total. The molecule has 0 spiro atoms. The molecule has 3 amide bonds. The van der Waals surface area contributed by atoms with Crippen LogP contribution in [0.15, 0.2) is 4.99 Å². The van der Waals surface area contributed by atoms with Crippen LogP contribution in [0.4, 0.5) is 0 Å². The zero-order valence-corrected chi connectivity index (χ0v) is 14.6. The first kappa shape index (κ1) is 23.1. The lowest BCUT2D eigenvalue weighted by Gasteiger charge is -2.21. The number of nitrogens with zero attached hydrogens (tertiary/aromatic N) is 1. The highest BCUT2D eigenvalue weighted by Crippen LogP contribution is 2.02. The second-order valence-corrected chi connectivity index (χ2v) is 5.69. The van der Waals surface area contributed by atoms with Gasteiger partial charge in [0.05, 0.1) is 6.04 Å². The molecule has 0 unspecified atom stereocenters. The molecule has 0 bridgehead atoms. The fourth-order valence-electron chi connectivity index (χ4n) is 1.86. The molecule has 0 aromatic heterocycles. The van der Waals surface area contributed by atoms with Crippen molar-refractivity contribution in [3.8, 4) is 0 Å². The van der Waals surface area contributed by atoms with Crippen molar-refractivity contribution >= 4 is 29.7 Å². The number of aliphatic imine (C=N–C) groups is 1. The fourth-order valence-corrected chi connectivity index (χ4v) is 1.86. The standard InChI is InChI=1S/C14H27N7O5/c1-7(13(25)26)20-12(24)9(4-5-10(16)22)21-11(23)8(15)3-2-6-19-14(17)18/h7-9H,2-6,15H2,1H3,(H2,16,22)(H,20,24)(H,21,23)(H,25,26)(H4,17,18,19)/t7-,8-,9-/m0/s1. The van der Waals surface area contributed by atoms with Crippen molar-refractivity contribution in [3.63, 3.8) is 0 Å². The van der Waals surface area contributed by atoms with Gasteiger partial charge in [-0.15, -0.1) is 0 Å². The summed E-state index contributed by atoms with van der Waals surface area (Å²) in [6.07, 6.45) is 0.457. The summed E-state index contributed by atoms with van der Waals surface area (Å²) in [6, 6.07) is -3.23. The Bertz CT molecular complexity index is 548. The number of nitrogens with one attached hydrogen (secondary N) is 2. The van der Waals surface area contributed by atoms with Crippen LogP contribution in [-0.4, -0.2) is 59.4 Å². The molecule has 0 saturated carbocycles. The molecule has 0 aromatic rings. The molecule has 0 aliphatic carbocycles. The van der Waals surface area contributed by atoms with E-state index in [9.17, 15) is 19.2 Å². The van der Waals surface area contributed by atoms with Gasteiger partial charge in [-0.05, 0) is 26.2 Å². The lowest BCUT2D eigenvalue weighted by atomic mass is 10.1. The summed E-state index contributed by atoms with van der Waals surface area (Å²) in [7, 11) is 0. The first-order valence-corrected chi connectivity index (χ1v) is 7.97. The van der Waals surface area contributed by atoms with Crippen molar-refractivity contribution in [2.75, 3.05) is 6.54 Å². The van der Waals surface area contributed by atoms with Crippen molar-refractivity contribution in [1.82, 2.24) is 10.6 Å². The van der Waals surface area contributed by atoms with Gasteiger partial charge >= 0.3 is 5.97 Å². The maximum absolute atomic E-state index is 12.1. The van der Waals surface area contributed by atoms with Crippen LogP contribution in [-0.2, 0) is 19.2 Å². The molecule has 0 aliphatic rings. The van der Waals surface area contributed by atoms with E-state index in [1.54, 1.807) is 0 Å². The third kappa shape index (κ3) is 10.1. The van der Waals surface area contributed by atoms with Crippen LogP contribution in [0.3, 0.4) is 0 Å². The number of primary amides is 1. The Morgan fingerprint density at radius 3 is 2.15 bits per heavy atom. The Balaban J connectivity index is 4.74. The number of rotatable bonds is 12. The summed E-state index contributed by atoms with van der Waals surface area (Å²) < 4.78 is 0.